The van der Waals surface area contributed by atoms with Crippen LogP contribution in [0.4, 0.5) is 0 Å². The molecular weight excluding hydrogens is 873 g/mol. The van der Waals surface area contributed by atoms with Crippen LogP contribution in [0.15, 0.2) is 97.2 Å². The zero-order valence-corrected chi connectivity index (χ0v) is 36.5. The van der Waals surface area contributed by atoms with Crippen molar-refractivity contribution in [1.82, 2.24) is 18.8 Å². The zero-order valence-electron chi connectivity index (χ0n) is 37.1. The molecule has 4 nitrogen and oxygen atoms in total. The summed E-state index contributed by atoms with van der Waals surface area (Å²) in [5.41, 5.74) is 12.6. The molecule has 0 saturated heterocycles. The van der Waals surface area contributed by atoms with Crippen LogP contribution >= 0.6 is 0 Å². The van der Waals surface area contributed by atoms with Crippen LogP contribution in [0.1, 0.15) is 106 Å². The number of pyridine rings is 2. The molecule has 0 saturated carbocycles. The van der Waals surface area contributed by atoms with Gasteiger partial charge in [0.1, 0.15) is 0 Å². The maximum Gasteiger partial charge on any atom is 0.0813 e. The molecule has 0 bridgehead atoms. The predicted octanol–water partition coefficient (Wildman–Crippen LogP) is 12.7. The van der Waals surface area contributed by atoms with E-state index in [2.05, 4.69) is 150 Å². The third kappa shape index (κ3) is 4.27. The summed E-state index contributed by atoms with van der Waals surface area (Å²) >= 11 is 0. The number of benzene rings is 5. The van der Waals surface area contributed by atoms with Crippen molar-refractivity contribution in [2.75, 3.05) is 0 Å². The largest absolute Gasteiger partial charge is 0.337 e. The average molecular weight is 924 g/mol. The van der Waals surface area contributed by atoms with E-state index in [4.69, 9.17) is 14.1 Å². The van der Waals surface area contributed by atoms with E-state index < -0.39 is 6.85 Å². The molecule has 9 aromatic rings. The van der Waals surface area contributed by atoms with Crippen LogP contribution in [0.3, 0.4) is 0 Å². The SMILES string of the molecule is CC1(C)c2cccc3c4ccc[c-]c4c4ncc(n4c23)C1(C)C.[2H]C([2H])([2H])c1ccc2c3c1c1ccc[c-]c1c1nc4c(n13)C(C)(CC(C)(C)c1ccccc1-4)C2(C)C.[Ir]. The first-order chi connectivity index (χ1) is 27.8. The summed E-state index contributed by atoms with van der Waals surface area (Å²) in [5.74, 6) is 0. The standard InChI is InChI=1S/C31H29N2.C21H19N2.Ir/c1-18-15-16-23-26-24(18)19-11-7-8-12-20(19)28-32-25-21-13-9-10-14-22(21)29(2,3)17-31(6,30(23,4)5)27(25)33(26)28;1-20(2)16-11-7-10-14-13-8-5-6-9-15(13)19-22-12-17(21(20,3)4)23(19)18(14)16;/h7-11,13-16H,17H2,1-6H3;5-8,10-12H,1-4H3;/q2*-1;/i1D3;;. The first kappa shape index (κ1) is 33.2. The van der Waals surface area contributed by atoms with Crippen LogP contribution in [0.25, 0.3) is 65.9 Å². The van der Waals surface area contributed by atoms with Gasteiger partial charge in [-0.05, 0) is 46.2 Å². The maximum absolute atomic E-state index is 8.39. The molecule has 12 rings (SSSR count). The molecule has 0 amide bonds. The van der Waals surface area contributed by atoms with Crippen molar-refractivity contribution in [1.29, 1.82) is 0 Å². The summed E-state index contributed by atoms with van der Waals surface area (Å²) in [7, 11) is 0. The van der Waals surface area contributed by atoms with Crippen molar-refractivity contribution in [2.45, 2.75) is 103 Å². The van der Waals surface area contributed by atoms with Crippen LogP contribution in [0.2, 0.25) is 0 Å². The number of aromatic nitrogens is 4. The van der Waals surface area contributed by atoms with Gasteiger partial charge < -0.3 is 8.80 Å². The molecule has 2 aliphatic heterocycles. The normalized spacial score (nSPS) is 21.2. The van der Waals surface area contributed by atoms with Gasteiger partial charge >= 0.3 is 0 Å². The van der Waals surface area contributed by atoms with Gasteiger partial charge in [-0.15, -0.1) is 59.3 Å². The number of fused-ring (bicyclic) bond motifs is 8. The van der Waals surface area contributed by atoms with Crippen LogP contribution in [0.5, 0.6) is 0 Å². The monoisotopic (exact) mass is 924 g/mol. The fourth-order valence-corrected chi connectivity index (χ4v) is 11.3. The summed E-state index contributed by atoms with van der Waals surface area (Å²) in [6.07, 6.45) is 3.01. The van der Waals surface area contributed by atoms with Gasteiger partial charge in [0.25, 0.3) is 0 Å². The quantitative estimate of drug-likeness (QED) is 0.112. The van der Waals surface area contributed by atoms with Crippen molar-refractivity contribution < 1.29 is 24.2 Å². The molecule has 5 aromatic carbocycles. The van der Waals surface area contributed by atoms with Gasteiger partial charge in [0.15, 0.2) is 0 Å². The van der Waals surface area contributed by atoms with Crippen LogP contribution in [0, 0.1) is 19.0 Å². The van der Waals surface area contributed by atoms with Crippen molar-refractivity contribution >= 4 is 54.6 Å². The number of rotatable bonds is 0. The molecule has 3 aliphatic rings. The second kappa shape index (κ2) is 11.4. The van der Waals surface area contributed by atoms with E-state index in [9.17, 15) is 0 Å². The second-order valence-corrected chi connectivity index (χ2v) is 19.1. The Bertz CT molecular complexity index is 3330. The third-order valence-corrected chi connectivity index (χ3v) is 15.2. The molecule has 0 spiro atoms. The number of aryl methyl sites for hydroxylation is 1. The molecule has 287 valence electrons. The van der Waals surface area contributed by atoms with Crippen LogP contribution < -0.4 is 0 Å². The summed E-state index contributed by atoms with van der Waals surface area (Å²) < 4.78 is 29.8. The smallest absolute Gasteiger partial charge is 0.0813 e. The number of imidazole rings is 2. The molecule has 0 N–H and O–H groups in total. The topological polar surface area (TPSA) is 34.6 Å². The van der Waals surface area contributed by atoms with Crippen molar-refractivity contribution in [2.24, 2.45) is 0 Å². The van der Waals surface area contributed by atoms with E-state index in [1.165, 1.54) is 49.9 Å². The van der Waals surface area contributed by atoms with Gasteiger partial charge in [-0.25, -0.2) is 0 Å². The molecule has 1 atom stereocenters. The van der Waals surface area contributed by atoms with Gasteiger partial charge in [-0.2, -0.15) is 0 Å². The van der Waals surface area contributed by atoms with Gasteiger partial charge in [-0.3, -0.25) is 9.97 Å². The van der Waals surface area contributed by atoms with Crippen molar-refractivity contribution in [3.05, 3.63) is 143 Å². The number of nitrogens with zero attached hydrogens (tertiary/aromatic N) is 4. The predicted molar refractivity (Wildman–Crippen MR) is 232 cm³/mol. The number of hydrogen-bond acceptors (Lipinski definition) is 2. The third-order valence-electron chi connectivity index (χ3n) is 15.2. The van der Waals surface area contributed by atoms with Crippen molar-refractivity contribution in [3.8, 4) is 11.3 Å². The Morgan fingerprint density at radius 3 is 2.05 bits per heavy atom. The van der Waals surface area contributed by atoms with Gasteiger partial charge in [0.2, 0.25) is 0 Å². The minimum atomic E-state index is -2.23. The Labute approximate surface area is 352 Å². The zero-order chi connectivity index (χ0) is 41.4. The summed E-state index contributed by atoms with van der Waals surface area (Å²) in [5, 5.41) is 6.23. The molecule has 0 fully saturated rings. The van der Waals surface area contributed by atoms with Gasteiger partial charge in [0.05, 0.1) is 17.0 Å². The number of para-hydroxylation sites is 1. The Kier molecular flexibility index (Phi) is 6.65. The molecule has 6 heterocycles. The molecule has 5 heteroatoms. The fraction of sp³-hybridized carbons (Fsp3) is 0.308. The molecular formula is C52H48IrN4-2. The Morgan fingerprint density at radius 2 is 1.30 bits per heavy atom. The Hall–Kier alpha value is -4.83. The maximum atomic E-state index is 8.39. The average Bonchev–Trinajstić information content (AvgIpc) is 3.82. The van der Waals surface area contributed by atoms with Crippen LogP contribution in [-0.4, -0.2) is 18.8 Å². The molecule has 1 radical (unpaired) electrons. The van der Waals surface area contributed by atoms with Gasteiger partial charge in [-0.1, -0.05) is 133 Å². The minimum absolute atomic E-state index is 0. The van der Waals surface area contributed by atoms with Gasteiger partial charge in [0, 0.05) is 80.1 Å². The van der Waals surface area contributed by atoms with Crippen LogP contribution in [-0.2, 0) is 47.2 Å². The van der Waals surface area contributed by atoms with E-state index in [0.29, 0.717) is 5.56 Å². The molecule has 1 unspecified atom stereocenters. The molecule has 57 heavy (non-hydrogen) atoms. The Morgan fingerprint density at radius 1 is 0.632 bits per heavy atom. The minimum Gasteiger partial charge on any atom is -0.337 e. The summed E-state index contributed by atoms with van der Waals surface area (Å²) in [4.78, 5) is 10.2. The summed E-state index contributed by atoms with van der Waals surface area (Å²) in [6, 6.07) is 38.2. The van der Waals surface area contributed by atoms with E-state index in [1.54, 1.807) is 0 Å². The first-order valence-corrected chi connectivity index (χ1v) is 20.0. The molecule has 4 aromatic heterocycles. The Balaban J connectivity index is 0.000000156. The fourth-order valence-electron chi connectivity index (χ4n) is 11.3. The number of hydrogen-bond donors (Lipinski definition) is 0. The second-order valence-electron chi connectivity index (χ2n) is 19.1. The van der Waals surface area contributed by atoms with E-state index in [1.807, 2.05) is 30.3 Å². The molecule has 1 aliphatic carbocycles. The van der Waals surface area contributed by atoms with E-state index in [-0.39, 0.29) is 47.2 Å². The van der Waals surface area contributed by atoms with Crippen molar-refractivity contribution in [3.63, 3.8) is 0 Å². The first-order valence-electron chi connectivity index (χ1n) is 21.5. The van der Waals surface area contributed by atoms with E-state index >= 15 is 0 Å². The van der Waals surface area contributed by atoms with E-state index in [0.717, 1.165) is 50.5 Å². The summed E-state index contributed by atoms with van der Waals surface area (Å²) in [6.45, 7) is 18.9.